The van der Waals surface area contributed by atoms with E-state index in [1.807, 2.05) is 11.3 Å². The molecule has 5 heteroatoms. The number of nitrogens with one attached hydrogen (secondary N) is 1. The standard InChI is InChI=1S/C16H16Cl3NS/c1-9(15-6-10-4-2-3-5-14(10)21-15)20-16-12(18)7-11(17)8-13(16)19/h6-9,20H,2-5H2,1H3. The van der Waals surface area contributed by atoms with Gasteiger partial charge < -0.3 is 5.32 Å². The van der Waals surface area contributed by atoms with Crippen LogP contribution in [0.15, 0.2) is 18.2 Å². The van der Waals surface area contributed by atoms with Gasteiger partial charge in [-0.1, -0.05) is 34.8 Å². The molecule has 1 aromatic heterocycles. The molecule has 0 aliphatic heterocycles. The fraction of sp³-hybridized carbons (Fsp3) is 0.375. The highest BCUT2D eigenvalue weighted by atomic mass is 35.5. The van der Waals surface area contributed by atoms with Crippen LogP contribution in [0, 0.1) is 0 Å². The normalized spacial score (nSPS) is 15.6. The molecule has 112 valence electrons. The Balaban J connectivity index is 1.83. The third-order valence-corrected chi connectivity index (χ3v) is 6.04. The lowest BCUT2D eigenvalue weighted by molar-refractivity contribution is 0.696. The Morgan fingerprint density at radius 2 is 1.71 bits per heavy atom. The van der Waals surface area contributed by atoms with Crippen LogP contribution in [0.5, 0.6) is 0 Å². The molecule has 0 radical (unpaired) electrons. The Labute approximate surface area is 144 Å². The Morgan fingerprint density at radius 1 is 1.05 bits per heavy atom. The number of fused-ring (bicyclic) bond motifs is 1. The smallest absolute Gasteiger partial charge is 0.0724 e. The van der Waals surface area contributed by atoms with E-state index in [0.29, 0.717) is 15.1 Å². The van der Waals surface area contributed by atoms with Gasteiger partial charge in [0.15, 0.2) is 0 Å². The lowest BCUT2D eigenvalue weighted by Crippen LogP contribution is -2.06. The summed E-state index contributed by atoms with van der Waals surface area (Å²) in [6, 6.07) is 5.93. The zero-order valence-electron chi connectivity index (χ0n) is 11.7. The topological polar surface area (TPSA) is 12.0 Å². The highest BCUT2D eigenvalue weighted by molar-refractivity contribution is 7.12. The van der Waals surface area contributed by atoms with Gasteiger partial charge in [0.25, 0.3) is 0 Å². The van der Waals surface area contributed by atoms with Crippen LogP contribution in [0.25, 0.3) is 0 Å². The van der Waals surface area contributed by atoms with E-state index >= 15 is 0 Å². The van der Waals surface area contributed by atoms with E-state index in [9.17, 15) is 0 Å². The summed E-state index contributed by atoms with van der Waals surface area (Å²) in [5.74, 6) is 0. The molecular formula is C16H16Cl3NS. The number of benzene rings is 1. The molecule has 0 saturated heterocycles. The van der Waals surface area contributed by atoms with Crippen molar-refractivity contribution in [3.05, 3.63) is 48.6 Å². The van der Waals surface area contributed by atoms with Crippen LogP contribution in [0.4, 0.5) is 5.69 Å². The van der Waals surface area contributed by atoms with Crippen molar-refractivity contribution in [2.24, 2.45) is 0 Å². The number of aryl methyl sites for hydroxylation is 2. The Hall–Kier alpha value is -0.410. The first-order valence-electron chi connectivity index (χ1n) is 7.07. The number of hydrogen-bond donors (Lipinski definition) is 1. The van der Waals surface area contributed by atoms with Crippen LogP contribution in [0.3, 0.4) is 0 Å². The predicted molar refractivity (Wildman–Crippen MR) is 94.5 cm³/mol. The minimum absolute atomic E-state index is 0.178. The molecule has 21 heavy (non-hydrogen) atoms. The molecular weight excluding hydrogens is 345 g/mol. The van der Waals surface area contributed by atoms with Crippen molar-refractivity contribution >= 4 is 51.8 Å². The molecule has 1 aliphatic rings. The summed E-state index contributed by atoms with van der Waals surface area (Å²) in [7, 11) is 0. The molecule has 1 aromatic carbocycles. The second kappa shape index (κ2) is 6.37. The van der Waals surface area contributed by atoms with E-state index in [1.54, 1.807) is 17.0 Å². The van der Waals surface area contributed by atoms with Crippen molar-refractivity contribution in [1.82, 2.24) is 0 Å². The molecule has 1 heterocycles. The fourth-order valence-corrected chi connectivity index (χ4v) is 4.88. The van der Waals surface area contributed by atoms with E-state index in [1.165, 1.54) is 36.1 Å². The number of thiophene rings is 1. The lowest BCUT2D eigenvalue weighted by atomic mass is 9.99. The largest absolute Gasteiger partial charge is 0.375 e. The summed E-state index contributed by atoms with van der Waals surface area (Å²) >= 11 is 20.3. The quantitative estimate of drug-likeness (QED) is 0.637. The molecule has 0 fully saturated rings. The summed E-state index contributed by atoms with van der Waals surface area (Å²) in [5, 5.41) is 5.08. The monoisotopic (exact) mass is 359 g/mol. The predicted octanol–water partition coefficient (Wildman–Crippen LogP) is 6.76. The van der Waals surface area contributed by atoms with Gasteiger partial charge in [0.2, 0.25) is 0 Å². The van der Waals surface area contributed by atoms with Crippen molar-refractivity contribution in [2.75, 3.05) is 5.32 Å². The molecule has 3 rings (SSSR count). The number of anilines is 1. The van der Waals surface area contributed by atoms with Gasteiger partial charge in [0, 0.05) is 14.8 Å². The summed E-state index contributed by atoms with van der Waals surface area (Å²) in [6.07, 6.45) is 5.04. The zero-order valence-corrected chi connectivity index (χ0v) is 14.8. The third kappa shape index (κ3) is 3.34. The summed E-state index contributed by atoms with van der Waals surface area (Å²) < 4.78 is 0. The minimum atomic E-state index is 0.178. The number of hydrogen-bond acceptors (Lipinski definition) is 2. The van der Waals surface area contributed by atoms with Crippen LogP contribution < -0.4 is 5.32 Å². The first kappa shape index (κ1) is 15.5. The molecule has 2 aromatic rings. The molecule has 1 N–H and O–H groups in total. The molecule has 0 bridgehead atoms. The van der Waals surface area contributed by atoms with Crippen LogP contribution in [-0.4, -0.2) is 0 Å². The highest BCUT2D eigenvalue weighted by Crippen LogP contribution is 2.38. The van der Waals surface area contributed by atoms with Gasteiger partial charge in [-0.2, -0.15) is 0 Å². The third-order valence-electron chi connectivity index (χ3n) is 3.81. The van der Waals surface area contributed by atoms with Gasteiger partial charge in [0.05, 0.1) is 21.8 Å². The maximum Gasteiger partial charge on any atom is 0.0724 e. The van der Waals surface area contributed by atoms with Crippen LogP contribution in [0.2, 0.25) is 15.1 Å². The van der Waals surface area contributed by atoms with Crippen molar-refractivity contribution in [3.63, 3.8) is 0 Å². The molecule has 0 amide bonds. The fourth-order valence-electron chi connectivity index (χ4n) is 2.69. The highest BCUT2D eigenvalue weighted by Gasteiger charge is 2.18. The molecule has 1 unspecified atom stereocenters. The lowest BCUT2D eigenvalue weighted by Gasteiger charge is -2.16. The molecule has 0 saturated carbocycles. The first-order valence-corrected chi connectivity index (χ1v) is 9.02. The second-order valence-corrected chi connectivity index (χ2v) is 7.83. The van der Waals surface area contributed by atoms with Gasteiger partial charge in [-0.3, -0.25) is 0 Å². The molecule has 1 atom stereocenters. The van der Waals surface area contributed by atoms with Gasteiger partial charge in [0.1, 0.15) is 0 Å². The average molecular weight is 361 g/mol. The van der Waals surface area contributed by atoms with E-state index in [-0.39, 0.29) is 6.04 Å². The average Bonchev–Trinajstić information content (AvgIpc) is 2.86. The van der Waals surface area contributed by atoms with Gasteiger partial charge in [-0.25, -0.2) is 0 Å². The maximum absolute atomic E-state index is 6.24. The van der Waals surface area contributed by atoms with Gasteiger partial charge >= 0.3 is 0 Å². The SMILES string of the molecule is CC(Nc1c(Cl)cc(Cl)cc1Cl)c1cc2c(s1)CCCC2. The van der Waals surface area contributed by atoms with E-state index in [0.717, 1.165) is 5.69 Å². The van der Waals surface area contributed by atoms with Gasteiger partial charge in [-0.15, -0.1) is 11.3 Å². The Morgan fingerprint density at radius 3 is 2.38 bits per heavy atom. The number of rotatable bonds is 3. The minimum Gasteiger partial charge on any atom is -0.375 e. The van der Waals surface area contributed by atoms with Gasteiger partial charge in [-0.05, 0) is 56.4 Å². The van der Waals surface area contributed by atoms with E-state index < -0.39 is 0 Å². The molecule has 1 aliphatic carbocycles. The first-order chi connectivity index (χ1) is 10.0. The van der Waals surface area contributed by atoms with E-state index in [2.05, 4.69) is 18.3 Å². The Bertz CT molecular complexity index is 619. The molecule has 0 spiro atoms. The summed E-state index contributed by atoms with van der Waals surface area (Å²) in [5.41, 5.74) is 2.27. The van der Waals surface area contributed by atoms with Crippen LogP contribution >= 0.6 is 46.1 Å². The second-order valence-electron chi connectivity index (χ2n) is 5.41. The van der Waals surface area contributed by atoms with Crippen molar-refractivity contribution in [3.8, 4) is 0 Å². The summed E-state index contributed by atoms with van der Waals surface area (Å²) in [4.78, 5) is 2.88. The number of halogens is 3. The molecule has 1 nitrogen and oxygen atoms in total. The van der Waals surface area contributed by atoms with Crippen molar-refractivity contribution in [1.29, 1.82) is 0 Å². The maximum atomic E-state index is 6.24. The zero-order chi connectivity index (χ0) is 15.0. The van der Waals surface area contributed by atoms with E-state index in [4.69, 9.17) is 34.8 Å². The van der Waals surface area contributed by atoms with Crippen molar-refractivity contribution < 1.29 is 0 Å². The summed E-state index contributed by atoms with van der Waals surface area (Å²) in [6.45, 7) is 2.14. The van der Waals surface area contributed by atoms with Crippen molar-refractivity contribution in [2.45, 2.75) is 38.6 Å². The Kier molecular flexibility index (Phi) is 4.70. The van der Waals surface area contributed by atoms with Crippen LogP contribution in [0.1, 0.15) is 41.1 Å². The van der Waals surface area contributed by atoms with Crippen LogP contribution in [-0.2, 0) is 12.8 Å².